The van der Waals surface area contributed by atoms with Crippen LogP contribution in [-0.2, 0) is 0 Å². The van der Waals surface area contributed by atoms with Crippen LogP contribution in [-0.4, -0.2) is 11.7 Å². The highest BCUT2D eigenvalue weighted by atomic mass is 16.2. The van der Waals surface area contributed by atoms with Gasteiger partial charge >= 0.3 is 0 Å². The molecule has 0 radical (unpaired) electrons. The van der Waals surface area contributed by atoms with E-state index >= 15 is 0 Å². The highest BCUT2D eigenvalue weighted by Crippen LogP contribution is 1.80. The molecule has 1 N–H and O–H groups in total. The van der Waals surface area contributed by atoms with E-state index in [0.29, 0.717) is 0 Å². The van der Waals surface area contributed by atoms with Crippen LogP contribution in [0.1, 0.15) is 13.3 Å². The SMILES string of the molecule is C#C.C/C=C\C=C/CCO. The zero-order chi connectivity index (χ0) is 8.24. The second kappa shape index (κ2) is 15.7. The van der Waals surface area contributed by atoms with E-state index in [9.17, 15) is 0 Å². The number of hydrogen-bond acceptors (Lipinski definition) is 1. The van der Waals surface area contributed by atoms with Crippen LogP contribution in [0.25, 0.3) is 0 Å². The van der Waals surface area contributed by atoms with E-state index in [0.717, 1.165) is 6.42 Å². The molecule has 0 aliphatic rings. The van der Waals surface area contributed by atoms with Crippen LogP contribution in [0.4, 0.5) is 0 Å². The number of rotatable bonds is 3. The van der Waals surface area contributed by atoms with Crippen molar-refractivity contribution < 1.29 is 5.11 Å². The number of aliphatic hydroxyl groups excluding tert-OH is 1. The Morgan fingerprint density at radius 3 is 2.30 bits per heavy atom. The van der Waals surface area contributed by atoms with Gasteiger partial charge in [-0.3, -0.25) is 0 Å². The van der Waals surface area contributed by atoms with Crippen molar-refractivity contribution in [3.8, 4) is 12.8 Å². The fourth-order valence-corrected chi connectivity index (χ4v) is 0.360. The standard InChI is InChI=1S/C7H12O.C2H2/c1-2-3-4-5-6-7-8;1-2/h2-5,8H,6-7H2,1H3;1-2H/b3-2-,5-4-;. The Hall–Kier alpha value is -1.00. The first-order valence-corrected chi connectivity index (χ1v) is 3.14. The first kappa shape index (κ1) is 11.8. The van der Waals surface area contributed by atoms with Crippen molar-refractivity contribution in [3.05, 3.63) is 24.3 Å². The molecule has 1 heteroatoms. The summed E-state index contributed by atoms with van der Waals surface area (Å²) in [5.74, 6) is 0. The second-order valence-electron chi connectivity index (χ2n) is 1.47. The molecular formula is C9H14O. The Bertz CT molecular complexity index is 109. The van der Waals surface area contributed by atoms with Crippen molar-refractivity contribution in [2.75, 3.05) is 6.61 Å². The molecule has 0 aliphatic heterocycles. The molecule has 0 aliphatic carbocycles. The Morgan fingerprint density at radius 1 is 1.30 bits per heavy atom. The highest BCUT2D eigenvalue weighted by Gasteiger charge is 1.67. The summed E-state index contributed by atoms with van der Waals surface area (Å²) in [5.41, 5.74) is 0. The molecule has 0 saturated carbocycles. The van der Waals surface area contributed by atoms with Crippen molar-refractivity contribution in [1.82, 2.24) is 0 Å². The van der Waals surface area contributed by atoms with Crippen LogP contribution in [0, 0.1) is 12.8 Å². The summed E-state index contributed by atoms with van der Waals surface area (Å²) in [7, 11) is 0. The Balaban J connectivity index is 0. The molecule has 0 aromatic rings. The largest absolute Gasteiger partial charge is 0.396 e. The van der Waals surface area contributed by atoms with Gasteiger partial charge in [-0.1, -0.05) is 24.3 Å². The predicted molar refractivity (Wildman–Crippen MR) is 45.5 cm³/mol. The Morgan fingerprint density at radius 2 is 1.90 bits per heavy atom. The number of hydrogen-bond donors (Lipinski definition) is 1. The molecule has 0 unspecified atom stereocenters. The quantitative estimate of drug-likeness (QED) is 0.465. The molecule has 0 heterocycles. The fraction of sp³-hybridized carbons (Fsp3) is 0.333. The molecule has 0 amide bonds. The third-order valence-corrected chi connectivity index (χ3v) is 0.735. The summed E-state index contributed by atoms with van der Waals surface area (Å²) in [5, 5.41) is 8.29. The topological polar surface area (TPSA) is 20.2 Å². The molecule has 0 atom stereocenters. The van der Waals surface area contributed by atoms with Gasteiger partial charge < -0.3 is 5.11 Å². The molecule has 0 aromatic heterocycles. The van der Waals surface area contributed by atoms with Gasteiger partial charge in [-0.25, -0.2) is 0 Å². The van der Waals surface area contributed by atoms with Crippen molar-refractivity contribution in [1.29, 1.82) is 0 Å². The van der Waals surface area contributed by atoms with Gasteiger partial charge in [-0.15, -0.1) is 12.8 Å². The van der Waals surface area contributed by atoms with Gasteiger partial charge in [0.15, 0.2) is 0 Å². The Kier molecular flexibility index (Phi) is 18.4. The van der Waals surface area contributed by atoms with E-state index in [1.54, 1.807) is 0 Å². The molecule has 56 valence electrons. The van der Waals surface area contributed by atoms with E-state index in [2.05, 4.69) is 12.8 Å². The first-order valence-electron chi connectivity index (χ1n) is 3.14. The maximum Gasteiger partial charge on any atom is 0.0465 e. The second-order valence-corrected chi connectivity index (χ2v) is 1.47. The average molecular weight is 138 g/mol. The van der Waals surface area contributed by atoms with E-state index in [4.69, 9.17) is 5.11 Å². The normalized spacial score (nSPS) is 9.60. The highest BCUT2D eigenvalue weighted by molar-refractivity contribution is 5.00. The average Bonchev–Trinajstić information content (AvgIpc) is 2.02. The van der Waals surface area contributed by atoms with Crippen LogP contribution in [0.15, 0.2) is 24.3 Å². The van der Waals surface area contributed by atoms with Crippen LogP contribution < -0.4 is 0 Å². The first-order chi connectivity index (χ1) is 4.91. The minimum atomic E-state index is 0.244. The fourth-order valence-electron chi connectivity index (χ4n) is 0.360. The maximum absolute atomic E-state index is 8.29. The number of allylic oxidation sites excluding steroid dienone is 3. The van der Waals surface area contributed by atoms with Crippen LogP contribution in [0.2, 0.25) is 0 Å². The van der Waals surface area contributed by atoms with Crippen molar-refractivity contribution in [2.24, 2.45) is 0 Å². The van der Waals surface area contributed by atoms with E-state index < -0.39 is 0 Å². The summed E-state index contributed by atoms with van der Waals surface area (Å²) in [6.07, 6.45) is 16.5. The van der Waals surface area contributed by atoms with Gasteiger partial charge in [0.1, 0.15) is 0 Å². The van der Waals surface area contributed by atoms with Crippen LogP contribution >= 0.6 is 0 Å². The maximum atomic E-state index is 8.29. The number of terminal acetylenes is 1. The van der Waals surface area contributed by atoms with Gasteiger partial charge in [-0.05, 0) is 13.3 Å². The summed E-state index contributed by atoms with van der Waals surface area (Å²) in [4.78, 5) is 0. The molecule has 0 bridgehead atoms. The molecule has 0 rings (SSSR count). The van der Waals surface area contributed by atoms with Crippen molar-refractivity contribution in [3.63, 3.8) is 0 Å². The molecule has 0 aromatic carbocycles. The number of aliphatic hydroxyl groups is 1. The monoisotopic (exact) mass is 138 g/mol. The third kappa shape index (κ3) is 15.8. The van der Waals surface area contributed by atoms with Gasteiger partial charge in [0, 0.05) is 6.61 Å². The van der Waals surface area contributed by atoms with E-state index in [1.165, 1.54) is 0 Å². The van der Waals surface area contributed by atoms with E-state index in [1.807, 2.05) is 31.2 Å². The Labute approximate surface area is 63.1 Å². The predicted octanol–water partition coefficient (Wildman–Crippen LogP) is 1.75. The van der Waals surface area contributed by atoms with Gasteiger partial charge in [0.25, 0.3) is 0 Å². The molecule has 0 spiro atoms. The third-order valence-electron chi connectivity index (χ3n) is 0.735. The van der Waals surface area contributed by atoms with Crippen molar-refractivity contribution in [2.45, 2.75) is 13.3 Å². The van der Waals surface area contributed by atoms with Gasteiger partial charge in [-0.2, -0.15) is 0 Å². The van der Waals surface area contributed by atoms with Crippen molar-refractivity contribution >= 4 is 0 Å². The van der Waals surface area contributed by atoms with Crippen LogP contribution in [0.3, 0.4) is 0 Å². The zero-order valence-corrected chi connectivity index (χ0v) is 6.33. The molecular weight excluding hydrogens is 124 g/mol. The van der Waals surface area contributed by atoms with Gasteiger partial charge in [0.2, 0.25) is 0 Å². The minimum Gasteiger partial charge on any atom is -0.396 e. The lowest BCUT2D eigenvalue weighted by molar-refractivity contribution is 0.302. The summed E-state index contributed by atoms with van der Waals surface area (Å²) >= 11 is 0. The summed E-state index contributed by atoms with van der Waals surface area (Å²) < 4.78 is 0. The molecule has 10 heavy (non-hydrogen) atoms. The molecule has 0 saturated heterocycles. The smallest absolute Gasteiger partial charge is 0.0465 e. The summed E-state index contributed by atoms with van der Waals surface area (Å²) in [6.45, 7) is 2.21. The molecule has 0 fully saturated rings. The zero-order valence-electron chi connectivity index (χ0n) is 6.33. The van der Waals surface area contributed by atoms with Gasteiger partial charge in [0.05, 0.1) is 0 Å². The lowest BCUT2D eigenvalue weighted by atomic mass is 10.4. The summed E-state index contributed by atoms with van der Waals surface area (Å²) in [6, 6.07) is 0. The minimum absolute atomic E-state index is 0.244. The molecule has 1 nitrogen and oxygen atoms in total. The van der Waals surface area contributed by atoms with E-state index in [-0.39, 0.29) is 6.61 Å². The lowest BCUT2D eigenvalue weighted by Crippen LogP contribution is -1.73. The van der Waals surface area contributed by atoms with Crippen LogP contribution in [0.5, 0.6) is 0 Å². The lowest BCUT2D eigenvalue weighted by Gasteiger charge is -1.78.